The van der Waals surface area contributed by atoms with Crippen molar-refractivity contribution in [1.29, 1.82) is 0 Å². The van der Waals surface area contributed by atoms with Gasteiger partial charge in [0.2, 0.25) is 0 Å². The van der Waals surface area contributed by atoms with Crippen LogP contribution in [0.2, 0.25) is 0 Å². The van der Waals surface area contributed by atoms with Gasteiger partial charge in [0.15, 0.2) is 0 Å². The Morgan fingerprint density at radius 3 is 1.50 bits per heavy atom. The molecule has 0 bridgehead atoms. The van der Waals surface area contributed by atoms with E-state index in [-0.39, 0.29) is 0 Å². The van der Waals surface area contributed by atoms with E-state index in [9.17, 15) is 0 Å². The Hall–Kier alpha value is 1.10. The number of hydrogen-bond donors (Lipinski definition) is 0. The molecule has 0 unspecified atom stereocenters. The molecule has 0 spiro atoms. The molecule has 10 heavy (non-hydrogen) atoms. The molecule has 4 heteroatoms. The molecule has 1 aromatic carbocycles. The van der Waals surface area contributed by atoms with Gasteiger partial charge < -0.3 is 29.8 Å². The average molecular weight is 273 g/mol. The molecule has 1 aromatic rings. The van der Waals surface area contributed by atoms with Gasteiger partial charge in [-0.15, -0.1) is 0 Å². The van der Waals surface area contributed by atoms with E-state index in [0.29, 0.717) is 0 Å². The van der Waals surface area contributed by atoms with Crippen molar-refractivity contribution < 1.29 is 18.2 Å². The quantitative estimate of drug-likeness (QED) is 0.637. The molecule has 1 rings (SSSR count). The van der Waals surface area contributed by atoms with Gasteiger partial charge in [0.1, 0.15) is 0 Å². The fraction of sp³-hybridized carbons (Fsp3) is 0.167. The second-order valence-electron chi connectivity index (χ2n) is 1.34. The molecule has 0 aliphatic rings. The summed E-state index contributed by atoms with van der Waals surface area (Å²) in [6.45, 7) is 1.91. The molecule has 0 saturated heterocycles. The van der Waals surface area contributed by atoms with Crippen molar-refractivity contribution in [2.75, 3.05) is 0 Å². The van der Waals surface area contributed by atoms with E-state index in [4.69, 9.17) is 25.5 Å². The summed E-state index contributed by atoms with van der Waals surface area (Å²) in [6.07, 6.45) is 0. The van der Waals surface area contributed by atoms with Crippen LogP contribution in [0, 0.1) is 31.2 Å². The first-order valence-electron chi connectivity index (χ1n) is 2.32. The predicted octanol–water partition coefficient (Wildman–Crippen LogP) is 2.98. The van der Waals surface area contributed by atoms with Gasteiger partial charge in [-0.1, -0.05) is 0 Å². The van der Waals surface area contributed by atoms with E-state index in [2.05, 4.69) is 24.3 Å². The summed E-state index contributed by atoms with van der Waals surface area (Å²) >= 11 is -2.13. The monoisotopic (exact) mass is 270 g/mol. The summed E-state index contributed by atoms with van der Waals surface area (Å²) in [4.78, 5) is 0. The summed E-state index contributed by atoms with van der Waals surface area (Å²) in [5.41, 5.74) is 0.981. The molecule has 0 heterocycles. The topological polar surface area (TPSA) is 0 Å². The number of rotatable bonds is 0. The van der Waals surface area contributed by atoms with Crippen molar-refractivity contribution in [3.05, 3.63) is 29.8 Å². The van der Waals surface area contributed by atoms with Crippen LogP contribution in [0.1, 0.15) is 5.56 Å². The van der Waals surface area contributed by atoms with E-state index in [1.165, 1.54) is 0 Å². The molecule has 0 radical (unpaired) electrons. The Morgan fingerprint density at radius 1 is 1.10 bits per heavy atom. The molecule has 0 saturated carbocycles. The zero-order chi connectivity index (χ0) is 7.98. The van der Waals surface area contributed by atoms with E-state index in [1.54, 1.807) is 0 Å². The van der Waals surface area contributed by atoms with Crippen LogP contribution < -0.4 is 0 Å². The van der Waals surface area contributed by atoms with Gasteiger partial charge >= 0.3 is 43.7 Å². The van der Waals surface area contributed by atoms with Gasteiger partial charge in [-0.3, -0.25) is 0 Å². The molecule has 0 atom stereocenters. The summed E-state index contributed by atoms with van der Waals surface area (Å²) in [7, 11) is 15.0. The maximum atomic E-state index is 5.00. The van der Waals surface area contributed by atoms with Gasteiger partial charge in [0.25, 0.3) is 0 Å². The summed E-state index contributed by atoms with van der Waals surface area (Å²) < 4.78 is 0. The van der Waals surface area contributed by atoms with E-state index < -0.39 is 18.2 Å². The second-order valence-corrected chi connectivity index (χ2v) is 12.5. The summed E-state index contributed by atoms with van der Waals surface area (Å²) in [6, 6.07) is 10.8. The first-order valence-corrected chi connectivity index (χ1v) is 11.8. The molecule has 0 fully saturated rings. The van der Waals surface area contributed by atoms with E-state index in [1.807, 2.05) is 6.92 Å². The van der Waals surface area contributed by atoms with Crippen molar-refractivity contribution in [3.8, 4) is 0 Å². The fourth-order valence-corrected chi connectivity index (χ4v) is 0.281. The van der Waals surface area contributed by atoms with Crippen molar-refractivity contribution in [1.82, 2.24) is 0 Å². The molecule has 0 aliphatic heterocycles. The van der Waals surface area contributed by atoms with Crippen LogP contribution in [0.5, 0.6) is 0 Å². The van der Waals surface area contributed by atoms with E-state index >= 15 is 0 Å². The Balaban J connectivity index is 0.000000180. The van der Waals surface area contributed by atoms with Crippen LogP contribution >= 0.6 is 25.5 Å². The third-order valence-corrected chi connectivity index (χ3v) is 0.562. The van der Waals surface area contributed by atoms with Crippen LogP contribution in [0.25, 0.3) is 0 Å². The molecule has 0 aliphatic carbocycles. The van der Waals surface area contributed by atoms with Gasteiger partial charge in [-0.25, -0.2) is 6.92 Å². The van der Waals surface area contributed by atoms with Crippen LogP contribution in [0.4, 0.5) is 0 Å². The Labute approximate surface area is 79.8 Å². The number of halogens is 3. The molecule has 57 valence electrons. The van der Waals surface area contributed by atoms with Gasteiger partial charge in [-0.2, -0.15) is 0 Å². The van der Waals surface area contributed by atoms with Crippen LogP contribution in [-0.2, 0) is 18.2 Å². The standard InChI is InChI=1S/C6H3.3ClH.Zr/c1-6-4-2-3-5-6;;;;/h1H3;3*1H;/q-5;;;;+3/p-3. The van der Waals surface area contributed by atoms with Gasteiger partial charge in [-0.05, 0) is 0 Å². The molecule has 0 N–H and O–H groups in total. The fourth-order valence-electron chi connectivity index (χ4n) is 0.281. The second kappa shape index (κ2) is 6.79. The molecule has 0 amide bonds. The number of hydrogen-bond acceptors (Lipinski definition) is 0. The predicted molar refractivity (Wildman–Crippen MR) is 39.7 cm³/mol. The van der Waals surface area contributed by atoms with Crippen molar-refractivity contribution >= 4 is 25.5 Å². The van der Waals surface area contributed by atoms with Crippen molar-refractivity contribution in [2.45, 2.75) is 6.92 Å². The minimum absolute atomic E-state index is 0.981. The normalized spacial score (nSPS) is 8.00. The Morgan fingerprint density at radius 2 is 1.40 bits per heavy atom. The average Bonchev–Trinajstić information content (AvgIpc) is 2.15. The van der Waals surface area contributed by atoms with Crippen LogP contribution in [-0.4, -0.2) is 0 Å². The zero-order valence-electron chi connectivity index (χ0n) is 5.13. The minimum atomic E-state index is -2.13. The first-order chi connectivity index (χ1) is 4.63. The van der Waals surface area contributed by atoms with Crippen LogP contribution in [0.15, 0.2) is 0 Å². The third-order valence-electron chi connectivity index (χ3n) is 0.562. The Kier molecular flexibility index (Phi) is 7.54. The zero-order valence-corrected chi connectivity index (χ0v) is 9.86. The SMILES string of the molecule is C[c-]1[c-][c-][c-][c-]1.[Cl][Zr]([Cl])[Cl]. The van der Waals surface area contributed by atoms with Crippen LogP contribution in [0.3, 0.4) is 0 Å². The maximum absolute atomic E-state index is 5.00. The molecule has 0 nitrogen and oxygen atoms in total. The molecule has 0 aromatic heterocycles. The van der Waals surface area contributed by atoms with Gasteiger partial charge in [0, 0.05) is 0 Å². The summed E-state index contributed by atoms with van der Waals surface area (Å²) in [5, 5.41) is 0. The first kappa shape index (κ1) is 11.1. The Bertz CT molecular complexity index is 145. The molecular formula is C6H3Cl3Zr-5. The summed E-state index contributed by atoms with van der Waals surface area (Å²) in [5.74, 6) is 0. The third kappa shape index (κ3) is 9.10. The van der Waals surface area contributed by atoms with Crippen molar-refractivity contribution in [3.63, 3.8) is 0 Å². The van der Waals surface area contributed by atoms with E-state index in [0.717, 1.165) is 5.56 Å². The van der Waals surface area contributed by atoms with Crippen molar-refractivity contribution in [2.24, 2.45) is 0 Å². The van der Waals surface area contributed by atoms with Gasteiger partial charge in [0.05, 0.1) is 0 Å². The molecular weight excluding hydrogens is 270 g/mol. The number of aryl methyl sites for hydroxylation is 1.